The Hall–Kier alpha value is -0.970. The Labute approximate surface area is 90.2 Å². The topological polar surface area (TPSA) is 25.8 Å². The fourth-order valence-corrected chi connectivity index (χ4v) is 1.37. The number of hydrogen-bond donors (Lipinski definition) is 0. The second kappa shape index (κ2) is 3.83. The van der Waals surface area contributed by atoms with Gasteiger partial charge in [-0.15, -0.1) is 10.2 Å². The molecular formula is C10H7IN2. The molecule has 0 fully saturated rings. The second-order valence-corrected chi connectivity index (χ2v) is 3.71. The minimum absolute atomic E-state index is 0.914. The maximum absolute atomic E-state index is 4.09. The molecule has 1 aromatic carbocycles. The number of hydrogen-bond acceptors (Lipinski definition) is 2. The van der Waals surface area contributed by atoms with E-state index in [1.165, 1.54) is 0 Å². The van der Waals surface area contributed by atoms with E-state index in [9.17, 15) is 0 Å². The molecule has 0 radical (unpaired) electrons. The van der Waals surface area contributed by atoms with Crippen molar-refractivity contribution in [2.24, 2.45) is 0 Å². The van der Waals surface area contributed by atoms with E-state index in [0.717, 1.165) is 15.0 Å². The molecule has 1 aromatic heterocycles. The highest BCUT2D eigenvalue weighted by Crippen LogP contribution is 2.15. The summed E-state index contributed by atoms with van der Waals surface area (Å²) >= 11 is 2.14. The lowest BCUT2D eigenvalue weighted by atomic mass is 10.1. The van der Waals surface area contributed by atoms with Gasteiger partial charge in [0, 0.05) is 5.56 Å². The van der Waals surface area contributed by atoms with Gasteiger partial charge in [-0.25, -0.2) is 0 Å². The maximum atomic E-state index is 4.09. The average molecular weight is 282 g/mol. The Morgan fingerprint density at radius 2 is 1.62 bits per heavy atom. The van der Waals surface area contributed by atoms with Crippen LogP contribution in [0.4, 0.5) is 0 Å². The average Bonchev–Trinajstić information content (AvgIpc) is 2.20. The van der Waals surface area contributed by atoms with Crippen molar-refractivity contribution in [1.82, 2.24) is 10.2 Å². The van der Waals surface area contributed by atoms with Crippen molar-refractivity contribution in [3.05, 3.63) is 46.2 Å². The lowest BCUT2D eigenvalue weighted by molar-refractivity contribution is 1.01. The molecule has 0 bridgehead atoms. The van der Waals surface area contributed by atoms with Gasteiger partial charge in [-0.1, -0.05) is 30.3 Å². The molecule has 0 aliphatic rings. The first kappa shape index (κ1) is 8.62. The second-order valence-electron chi connectivity index (χ2n) is 2.61. The summed E-state index contributed by atoms with van der Waals surface area (Å²) in [5.41, 5.74) is 2.02. The third kappa shape index (κ3) is 2.03. The number of nitrogens with zero attached hydrogens (tertiary/aromatic N) is 2. The summed E-state index contributed by atoms with van der Waals surface area (Å²) in [6.07, 6.45) is 0. The van der Waals surface area contributed by atoms with Crippen LogP contribution in [0.25, 0.3) is 11.3 Å². The van der Waals surface area contributed by atoms with Gasteiger partial charge < -0.3 is 0 Å². The zero-order chi connectivity index (χ0) is 9.10. The Bertz CT molecular complexity index is 383. The highest BCUT2D eigenvalue weighted by atomic mass is 127. The van der Waals surface area contributed by atoms with Crippen molar-refractivity contribution in [1.29, 1.82) is 0 Å². The van der Waals surface area contributed by atoms with E-state index in [4.69, 9.17) is 0 Å². The van der Waals surface area contributed by atoms with E-state index in [1.807, 2.05) is 42.5 Å². The standard InChI is InChI=1S/C10H7IN2/c11-10-7-6-9(12-13-10)8-4-2-1-3-5-8/h1-7H. The van der Waals surface area contributed by atoms with Crippen LogP contribution < -0.4 is 0 Å². The number of aromatic nitrogens is 2. The van der Waals surface area contributed by atoms with Crippen molar-refractivity contribution < 1.29 is 0 Å². The lowest BCUT2D eigenvalue weighted by Gasteiger charge is -1.97. The highest BCUT2D eigenvalue weighted by Gasteiger charge is 1.97. The third-order valence-electron chi connectivity index (χ3n) is 1.70. The first-order chi connectivity index (χ1) is 6.36. The zero-order valence-corrected chi connectivity index (χ0v) is 8.97. The van der Waals surface area contributed by atoms with Crippen molar-refractivity contribution in [3.8, 4) is 11.3 Å². The quantitative estimate of drug-likeness (QED) is 0.752. The van der Waals surface area contributed by atoms with Gasteiger partial charge in [0.25, 0.3) is 0 Å². The van der Waals surface area contributed by atoms with Crippen LogP contribution in [0.3, 0.4) is 0 Å². The Morgan fingerprint density at radius 3 is 2.23 bits per heavy atom. The molecule has 3 heteroatoms. The predicted molar refractivity (Wildman–Crippen MR) is 60.2 cm³/mol. The van der Waals surface area contributed by atoms with Crippen molar-refractivity contribution in [3.63, 3.8) is 0 Å². The Morgan fingerprint density at radius 1 is 0.846 bits per heavy atom. The molecule has 0 N–H and O–H groups in total. The van der Waals surface area contributed by atoms with Crippen LogP contribution in [-0.4, -0.2) is 10.2 Å². The molecule has 0 amide bonds. The maximum Gasteiger partial charge on any atom is 0.124 e. The molecule has 0 aliphatic carbocycles. The van der Waals surface area contributed by atoms with Crippen molar-refractivity contribution >= 4 is 22.6 Å². The highest BCUT2D eigenvalue weighted by molar-refractivity contribution is 14.1. The van der Waals surface area contributed by atoms with E-state index in [0.29, 0.717) is 0 Å². The fourth-order valence-electron chi connectivity index (χ4n) is 1.08. The molecule has 2 rings (SSSR count). The van der Waals surface area contributed by atoms with E-state index in [1.54, 1.807) is 0 Å². The first-order valence-corrected chi connectivity index (χ1v) is 4.99. The molecular weight excluding hydrogens is 275 g/mol. The van der Waals surface area contributed by atoms with E-state index < -0.39 is 0 Å². The van der Waals surface area contributed by atoms with Crippen LogP contribution in [0.15, 0.2) is 42.5 Å². The molecule has 1 heterocycles. The van der Waals surface area contributed by atoms with Gasteiger partial charge in [0.1, 0.15) is 3.70 Å². The largest absolute Gasteiger partial charge is 0.149 e. The summed E-state index contributed by atoms with van der Waals surface area (Å²) in [6, 6.07) is 14.0. The van der Waals surface area contributed by atoms with Gasteiger partial charge in [0.15, 0.2) is 0 Å². The predicted octanol–water partition coefficient (Wildman–Crippen LogP) is 2.75. The summed E-state index contributed by atoms with van der Waals surface area (Å²) in [6.45, 7) is 0. The molecule has 0 saturated carbocycles. The summed E-state index contributed by atoms with van der Waals surface area (Å²) in [5.74, 6) is 0. The van der Waals surface area contributed by atoms with Crippen molar-refractivity contribution in [2.75, 3.05) is 0 Å². The Balaban J connectivity index is 2.42. The molecule has 2 nitrogen and oxygen atoms in total. The van der Waals surface area contributed by atoms with Crippen LogP contribution in [0.2, 0.25) is 0 Å². The molecule has 0 aliphatic heterocycles. The summed E-state index contributed by atoms with van der Waals surface area (Å²) in [7, 11) is 0. The lowest BCUT2D eigenvalue weighted by Crippen LogP contribution is -1.88. The van der Waals surface area contributed by atoms with E-state index >= 15 is 0 Å². The van der Waals surface area contributed by atoms with E-state index in [-0.39, 0.29) is 0 Å². The molecule has 2 aromatic rings. The van der Waals surface area contributed by atoms with Gasteiger partial charge in [-0.3, -0.25) is 0 Å². The zero-order valence-electron chi connectivity index (χ0n) is 6.81. The van der Waals surface area contributed by atoms with Gasteiger partial charge in [0.05, 0.1) is 5.69 Å². The summed E-state index contributed by atoms with van der Waals surface area (Å²) < 4.78 is 0.914. The molecule has 0 unspecified atom stereocenters. The van der Waals surface area contributed by atoms with Crippen molar-refractivity contribution in [2.45, 2.75) is 0 Å². The molecule has 0 saturated heterocycles. The summed E-state index contributed by atoms with van der Waals surface area (Å²) in [4.78, 5) is 0. The van der Waals surface area contributed by atoms with Gasteiger partial charge in [-0.05, 0) is 34.7 Å². The normalized spacial score (nSPS) is 9.92. The van der Waals surface area contributed by atoms with Crippen LogP contribution in [0, 0.1) is 3.70 Å². The molecule has 0 atom stereocenters. The van der Waals surface area contributed by atoms with Gasteiger partial charge in [-0.2, -0.15) is 0 Å². The molecule has 0 spiro atoms. The third-order valence-corrected chi connectivity index (χ3v) is 2.28. The fraction of sp³-hybridized carbons (Fsp3) is 0. The number of benzene rings is 1. The first-order valence-electron chi connectivity index (χ1n) is 3.91. The smallest absolute Gasteiger partial charge is 0.124 e. The number of rotatable bonds is 1. The van der Waals surface area contributed by atoms with E-state index in [2.05, 4.69) is 32.8 Å². The molecule has 13 heavy (non-hydrogen) atoms. The SMILES string of the molecule is Ic1ccc(-c2ccccc2)nn1. The number of halogens is 1. The minimum atomic E-state index is 0.914. The van der Waals surface area contributed by atoms with Crippen LogP contribution >= 0.6 is 22.6 Å². The van der Waals surface area contributed by atoms with Crippen LogP contribution in [0.5, 0.6) is 0 Å². The monoisotopic (exact) mass is 282 g/mol. The summed E-state index contributed by atoms with van der Waals surface area (Å²) in [5, 5.41) is 8.08. The van der Waals surface area contributed by atoms with Crippen LogP contribution in [0.1, 0.15) is 0 Å². The minimum Gasteiger partial charge on any atom is -0.149 e. The van der Waals surface area contributed by atoms with Gasteiger partial charge in [0.2, 0.25) is 0 Å². The van der Waals surface area contributed by atoms with Gasteiger partial charge >= 0.3 is 0 Å². The molecule has 64 valence electrons. The van der Waals surface area contributed by atoms with Crippen LogP contribution in [-0.2, 0) is 0 Å². The Kier molecular flexibility index (Phi) is 2.54.